The van der Waals surface area contributed by atoms with Gasteiger partial charge in [0.05, 0.1) is 10.0 Å². The van der Waals surface area contributed by atoms with E-state index in [1.165, 1.54) is 12.1 Å². The van der Waals surface area contributed by atoms with Gasteiger partial charge in [-0.15, -0.1) is 0 Å². The molecule has 0 radical (unpaired) electrons. The fraction of sp³-hybridized carbons (Fsp3) is 0.417. The molecule has 0 bridgehead atoms. The fourth-order valence-corrected chi connectivity index (χ4v) is 2.54. The number of halogens is 2. The average molecular weight is 301 g/mol. The van der Waals surface area contributed by atoms with Crippen LogP contribution in [0.5, 0.6) is 0 Å². The maximum atomic E-state index is 13.3. The van der Waals surface area contributed by atoms with Gasteiger partial charge in [0.1, 0.15) is 5.82 Å². The van der Waals surface area contributed by atoms with Crippen molar-refractivity contribution in [2.75, 3.05) is 0 Å². The Labute approximate surface area is 108 Å². The fourth-order valence-electron chi connectivity index (χ4n) is 2.09. The first-order chi connectivity index (χ1) is 8.09. The highest BCUT2D eigenvalue weighted by Gasteiger charge is 2.26. The molecule has 17 heavy (non-hydrogen) atoms. The Bertz CT molecular complexity index is 439. The summed E-state index contributed by atoms with van der Waals surface area (Å²) in [6.45, 7) is 0. The Morgan fingerprint density at radius 2 is 2.24 bits per heavy atom. The molecule has 1 saturated carbocycles. The summed E-state index contributed by atoms with van der Waals surface area (Å²) in [5.74, 6) is -0.716. The number of rotatable bonds is 2. The third-order valence-electron chi connectivity index (χ3n) is 3.08. The molecule has 92 valence electrons. The van der Waals surface area contributed by atoms with E-state index in [0.717, 1.165) is 19.3 Å². The Morgan fingerprint density at radius 3 is 2.88 bits per heavy atom. The van der Waals surface area contributed by atoms with Gasteiger partial charge in [0.25, 0.3) is 5.91 Å². The second-order valence-corrected chi connectivity index (χ2v) is 5.07. The zero-order chi connectivity index (χ0) is 12.4. The lowest BCUT2D eigenvalue weighted by molar-refractivity contribution is 0.0933. The van der Waals surface area contributed by atoms with Crippen molar-refractivity contribution in [3.63, 3.8) is 0 Å². The van der Waals surface area contributed by atoms with Crippen LogP contribution in [-0.4, -0.2) is 18.0 Å². The van der Waals surface area contributed by atoms with Crippen LogP contribution in [0, 0.1) is 5.82 Å². The minimum Gasteiger partial charge on any atom is -0.348 e. The molecule has 5 heteroatoms. The number of hydrogen-bond acceptors (Lipinski definition) is 2. The van der Waals surface area contributed by atoms with Crippen LogP contribution in [0.2, 0.25) is 0 Å². The van der Waals surface area contributed by atoms with Gasteiger partial charge in [-0.1, -0.05) is 6.07 Å². The smallest absolute Gasteiger partial charge is 0.252 e. The molecule has 1 aromatic rings. The molecule has 3 N–H and O–H groups in total. The SMILES string of the molecule is NC1CCCC1NC(=O)c1cccc(F)c1Br. The van der Waals surface area contributed by atoms with Crippen molar-refractivity contribution < 1.29 is 9.18 Å². The Balaban J connectivity index is 2.12. The lowest BCUT2D eigenvalue weighted by atomic mass is 10.1. The van der Waals surface area contributed by atoms with Gasteiger partial charge in [-0.2, -0.15) is 0 Å². The maximum absolute atomic E-state index is 13.3. The zero-order valence-electron chi connectivity index (χ0n) is 9.25. The van der Waals surface area contributed by atoms with Crippen molar-refractivity contribution in [2.24, 2.45) is 5.73 Å². The third kappa shape index (κ3) is 2.66. The summed E-state index contributed by atoms with van der Waals surface area (Å²) >= 11 is 3.08. The van der Waals surface area contributed by atoms with Crippen molar-refractivity contribution in [3.8, 4) is 0 Å². The number of nitrogens with one attached hydrogen (secondary N) is 1. The van der Waals surface area contributed by atoms with E-state index in [2.05, 4.69) is 21.2 Å². The summed E-state index contributed by atoms with van der Waals surface area (Å²) in [5, 5.41) is 2.85. The first kappa shape index (κ1) is 12.5. The number of carbonyl (C=O) groups is 1. The lowest BCUT2D eigenvalue weighted by Crippen LogP contribution is -2.44. The van der Waals surface area contributed by atoms with Crippen LogP contribution in [0.15, 0.2) is 22.7 Å². The molecule has 0 spiro atoms. The summed E-state index contributed by atoms with van der Waals surface area (Å²) in [4.78, 5) is 12.0. The first-order valence-corrected chi connectivity index (χ1v) is 6.39. The maximum Gasteiger partial charge on any atom is 0.252 e. The minimum atomic E-state index is -0.437. The summed E-state index contributed by atoms with van der Waals surface area (Å²) in [7, 11) is 0. The normalized spacial score (nSPS) is 23.7. The van der Waals surface area contributed by atoms with Crippen molar-refractivity contribution in [1.29, 1.82) is 0 Å². The van der Waals surface area contributed by atoms with Gasteiger partial charge in [-0.25, -0.2) is 4.39 Å². The molecule has 0 saturated heterocycles. The predicted molar refractivity (Wildman–Crippen MR) is 67.2 cm³/mol. The van der Waals surface area contributed by atoms with Crippen molar-refractivity contribution in [3.05, 3.63) is 34.1 Å². The summed E-state index contributed by atoms with van der Waals surface area (Å²) < 4.78 is 13.5. The molecule has 0 aromatic heterocycles. The van der Waals surface area contributed by atoms with Crippen LogP contribution in [-0.2, 0) is 0 Å². The highest BCUT2D eigenvalue weighted by molar-refractivity contribution is 9.10. The van der Waals surface area contributed by atoms with E-state index < -0.39 is 5.82 Å². The van der Waals surface area contributed by atoms with E-state index in [0.29, 0.717) is 5.56 Å². The highest BCUT2D eigenvalue weighted by Crippen LogP contribution is 2.22. The lowest BCUT2D eigenvalue weighted by Gasteiger charge is -2.17. The van der Waals surface area contributed by atoms with Crippen molar-refractivity contribution >= 4 is 21.8 Å². The Hall–Kier alpha value is -0.940. The van der Waals surface area contributed by atoms with Crippen LogP contribution in [0.1, 0.15) is 29.6 Å². The third-order valence-corrected chi connectivity index (χ3v) is 3.89. The molecule has 1 aromatic carbocycles. The summed E-state index contributed by atoms with van der Waals surface area (Å²) in [5.41, 5.74) is 6.18. The molecule has 2 atom stereocenters. The van der Waals surface area contributed by atoms with Crippen LogP contribution in [0.3, 0.4) is 0 Å². The van der Waals surface area contributed by atoms with Gasteiger partial charge in [-0.05, 0) is 47.3 Å². The predicted octanol–water partition coefficient (Wildman–Crippen LogP) is 2.20. The monoisotopic (exact) mass is 300 g/mol. The molecule has 1 aliphatic carbocycles. The van der Waals surface area contributed by atoms with Gasteiger partial charge < -0.3 is 11.1 Å². The first-order valence-electron chi connectivity index (χ1n) is 5.60. The topological polar surface area (TPSA) is 55.1 Å². The largest absolute Gasteiger partial charge is 0.348 e. The number of benzene rings is 1. The van der Waals surface area contributed by atoms with Gasteiger partial charge >= 0.3 is 0 Å². The van der Waals surface area contributed by atoms with Crippen molar-refractivity contribution in [1.82, 2.24) is 5.32 Å². The molecular formula is C12H14BrFN2O. The van der Waals surface area contributed by atoms with E-state index in [9.17, 15) is 9.18 Å². The molecule has 2 rings (SSSR count). The zero-order valence-corrected chi connectivity index (χ0v) is 10.8. The molecule has 1 aliphatic rings. The van der Waals surface area contributed by atoms with Crippen LogP contribution < -0.4 is 11.1 Å². The number of carbonyl (C=O) groups excluding carboxylic acids is 1. The van der Waals surface area contributed by atoms with Gasteiger partial charge in [0.15, 0.2) is 0 Å². The van der Waals surface area contributed by atoms with Gasteiger partial charge in [-0.3, -0.25) is 4.79 Å². The minimum absolute atomic E-state index is 0.00216. The van der Waals surface area contributed by atoms with Crippen LogP contribution >= 0.6 is 15.9 Å². The molecule has 3 nitrogen and oxygen atoms in total. The number of hydrogen-bond donors (Lipinski definition) is 2. The highest BCUT2D eigenvalue weighted by atomic mass is 79.9. The van der Waals surface area contributed by atoms with Gasteiger partial charge in [0.2, 0.25) is 0 Å². The molecular weight excluding hydrogens is 287 g/mol. The quantitative estimate of drug-likeness (QED) is 0.880. The second kappa shape index (κ2) is 5.14. The number of amides is 1. The van der Waals surface area contributed by atoms with Crippen molar-refractivity contribution in [2.45, 2.75) is 31.3 Å². The van der Waals surface area contributed by atoms with Crippen LogP contribution in [0.4, 0.5) is 4.39 Å². The van der Waals surface area contributed by atoms with E-state index in [1.807, 2.05) is 0 Å². The molecule has 0 heterocycles. The van der Waals surface area contributed by atoms with Crippen LogP contribution in [0.25, 0.3) is 0 Å². The Kier molecular flexibility index (Phi) is 3.79. The average Bonchev–Trinajstić information content (AvgIpc) is 2.68. The summed E-state index contributed by atoms with van der Waals surface area (Å²) in [6, 6.07) is 4.42. The second-order valence-electron chi connectivity index (χ2n) is 4.28. The molecule has 0 aliphatic heterocycles. The van der Waals surface area contributed by atoms with E-state index in [1.54, 1.807) is 6.07 Å². The van der Waals surface area contributed by atoms with E-state index >= 15 is 0 Å². The number of nitrogens with two attached hydrogens (primary N) is 1. The molecule has 1 fully saturated rings. The van der Waals surface area contributed by atoms with E-state index in [4.69, 9.17) is 5.73 Å². The summed E-state index contributed by atoms with van der Waals surface area (Å²) in [6.07, 6.45) is 2.84. The van der Waals surface area contributed by atoms with Gasteiger partial charge in [0, 0.05) is 12.1 Å². The Morgan fingerprint density at radius 1 is 1.47 bits per heavy atom. The van der Waals surface area contributed by atoms with E-state index in [-0.39, 0.29) is 22.5 Å². The molecule has 1 amide bonds. The molecule has 2 unspecified atom stereocenters. The standard InChI is InChI=1S/C12H14BrFN2O/c13-11-7(3-1-4-8(11)14)12(17)16-10-6-2-5-9(10)15/h1,3-4,9-10H,2,5-6,15H2,(H,16,17).